The SMILES string of the molecule is CCCCC1[C@H](C(=O)O)OC(=O)N1c1ccc(C2CCSCC2)cc1. The molecule has 1 unspecified atom stereocenters. The van der Waals surface area contributed by atoms with Crippen molar-refractivity contribution in [3.8, 4) is 0 Å². The maximum atomic E-state index is 12.3. The van der Waals surface area contributed by atoms with Crippen molar-refractivity contribution in [2.24, 2.45) is 0 Å². The second kappa shape index (κ2) is 8.13. The number of nitrogens with zero attached hydrogens (tertiary/aromatic N) is 1. The summed E-state index contributed by atoms with van der Waals surface area (Å²) in [6, 6.07) is 7.58. The molecule has 2 heterocycles. The number of hydrogen-bond acceptors (Lipinski definition) is 4. The van der Waals surface area contributed by atoms with Crippen LogP contribution in [0.4, 0.5) is 10.5 Å². The molecule has 0 spiro atoms. The largest absolute Gasteiger partial charge is 0.478 e. The summed E-state index contributed by atoms with van der Waals surface area (Å²) in [5, 5.41) is 9.37. The molecule has 2 fully saturated rings. The Morgan fingerprint density at radius 1 is 1.28 bits per heavy atom. The van der Waals surface area contributed by atoms with E-state index in [9.17, 15) is 14.7 Å². The van der Waals surface area contributed by atoms with E-state index in [-0.39, 0.29) is 0 Å². The van der Waals surface area contributed by atoms with Crippen LogP contribution in [-0.4, -0.2) is 40.8 Å². The number of rotatable bonds is 6. The average molecular weight is 363 g/mol. The number of carboxylic acid groups (broad SMARTS) is 1. The fraction of sp³-hybridized carbons (Fsp3) is 0.579. The Morgan fingerprint density at radius 3 is 2.56 bits per heavy atom. The summed E-state index contributed by atoms with van der Waals surface area (Å²) in [5.41, 5.74) is 2.03. The number of cyclic esters (lactones) is 1. The van der Waals surface area contributed by atoms with E-state index in [2.05, 4.69) is 19.1 Å². The number of carbonyl (C=O) groups excluding carboxylic acids is 1. The lowest BCUT2D eigenvalue weighted by atomic mass is 9.93. The second-order valence-electron chi connectivity index (χ2n) is 6.70. The summed E-state index contributed by atoms with van der Waals surface area (Å²) in [6.07, 6.45) is 3.17. The number of amides is 1. The molecule has 6 heteroatoms. The fourth-order valence-corrected chi connectivity index (χ4v) is 4.76. The molecule has 2 saturated heterocycles. The van der Waals surface area contributed by atoms with Gasteiger partial charge in [-0.2, -0.15) is 11.8 Å². The highest BCUT2D eigenvalue weighted by Gasteiger charge is 2.46. The highest BCUT2D eigenvalue weighted by molar-refractivity contribution is 7.99. The molecular formula is C19H25NO4S. The molecule has 1 aromatic rings. The van der Waals surface area contributed by atoms with Crippen molar-refractivity contribution in [1.82, 2.24) is 0 Å². The second-order valence-corrected chi connectivity index (χ2v) is 7.93. The molecule has 0 aromatic heterocycles. The average Bonchev–Trinajstić information content (AvgIpc) is 2.97. The highest BCUT2D eigenvalue weighted by Crippen LogP contribution is 2.34. The van der Waals surface area contributed by atoms with Crippen LogP contribution in [0.3, 0.4) is 0 Å². The summed E-state index contributed by atoms with van der Waals surface area (Å²) in [5.74, 6) is 1.91. The van der Waals surface area contributed by atoms with Gasteiger partial charge in [0, 0.05) is 5.69 Å². The summed E-state index contributed by atoms with van der Waals surface area (Å²) in [6.45, 7) is 2.05. The molecule has 0 bridgehead atoms. The molecule has 25 heavy (non-hydrogen) atoms. The highest BCUT2D eigenvalue weighted by atomic mass is 32.2. The Kier molecular flexibility index (Phi) is 5.89. The maximum Gasteiger partial charge on any atom is 0.415 e. The third-order valence-electron chi connectivity index (χ3n) is 5.07. The minimum atomic E-state index is -1.09. The van der Waals surface area contributed by atoms with E-state index in [1.165, 1.54) is 34.8 Å². The van der Waals surface area contributed by atoms with Gasteiger partial charge in [0.2, 0.25) is 6.10 Å². The molecule has 1 amide bonds. The van der Waals surface area contributed by atoms with E-state index in [1.807, 2.05) is 23.9 Å². The molecule has 2 aliphatic rings. The minimum absolute atomic E-state index is 0.443. The number of aliphatic carboxylic acids is 1. The van der Waals surface area contributed by atoms with Crippen LogP contribution in [0.1, 0.15) is 50.5 Å². The number of hydrogen-bond donors (Lipinski definition) is 1. The first-order valence-corrected chi connectivity index (χ1v) is 10.2. The summed E-state index contributed by atoms with van der Waals surface area (Å²) >= 11 is 2.00. The molecule has 0 saturated carbocycles. The Bertz CT molecular complexity index is 612. The van der Waals surface area contributed by atoms with Crippen LogP contribution >= 0.6 is 11.8 Å². The van der Waals surface area contributed by atoms with Crippen molar-refractivity contribution in [3.05, 3.63) is 29.8 Å². The van der Waals surface area contributed by atoms with Crippen LogP contribution in [0.25, 0.3) is 0 Å². The van der Waals surface area contributed by atoms with Crippen LogP contribution in [0, 0.1) is 0 Å². The van der Waals surface area contributed by atoms with Gasteiger partial charge in [0.1, 0.15) is 0 Å². The third-order valence-corrected chi connectivity index (χ3v) is 6.12. The molecule has 0 radical (unpaired) electrons. The maximum absolute atomic E-state index is 12.3. The number of carbonyl (C=O) groups is 2. The smallest absolute Gasteiger partial charge is 0.415 e. The number of unbranched alkanes of at least 4 members (excludes halogenated alkanes) is 1. The molecule has 136 valence electrons. The van der Waals surface area contributed by atoms with Gasteiger partial charge in [-0.15, -0.1) is 0 Å². The van der Waals surface area contributed by atoms with Crippen molar-refractivity contribution in [2.45, 2.75) is 57.1 Å². The van der Waals surface area contributed by atoms with Gasteiger partial charge in [0.15, 0.2) is 0 Å². The normalized spacial score (nSPS) is 24.4. The van der Waals surface area contributed by atoms with Crippen LogP contribution in [-0.2, 0) is 9.53 Å². The number of thioether (sulfide) groups is 1. The standard InChI is InChI=1S/C19H25NO4S/c1-2-3-4-16-17(18(21)22)24-19(23)20(16)15-7-5-13(6-8-15)14-9-11-25-12-10-14/h5-8,14,16-17H,2-4,9-12H2,1H3,(H,21,22)/t16?,17-/m1/s1. The Balaban J connectivity index is 1.80. The zero-order valence-corrected chi connectivity index (χ0v) is 15.3. The van der Waals surface area contributed by atoms with E-state index in [4.69, 9.17) is 4.74 Å². The predicted molar refractivity (Wildman–Crippen MR) is 99.4 cm³/mol. The number of ether oxygens (including phenoxy) is 1. The van der Waals surface area contributed by atoms with Crippen molar-refractivity contribution in [1.29, 1.82) is 0 Å². The van der Waals surface area contributed by atoms with Gasteiger partial charge >= 0.3 is 12.1 Å². The van der Waals surface area contributed by atoms with Gasteiger partial charge < -0.3 is 9.84 Å². The van der Waals surface area contributed by atoms with E-state index in [0.29, 0.717) is 12.3 Å². The predicted octanol–water partition coefficient (Wildman–Crippen LogP) is 4.27. The Morgan fingerprint density at radius 2 is 1.96 bits per heavy atom. The first-order valence-electron chi connectivity index (χ1n) is 9.02. The van der Waals surface area contributed by atoms with Gasteiger partial charge in [-0.1, -0.05) is 31.9 Å². The lowest BCUT2D eigenvalue weighted by molar-refractivity contribution is -0.145. The quantitative estimate of drug-likeness (QED) is 0.818. The summed E-state index contributed by atoms with van der Waals surface area (Å²) in [4.78, 5) is 25.3. The number of anilines is 1. The van der Waals surface area contributed by atoms with Gasteiger partial charge in [-0.05, 0) is 54.4 Å². The molecule has 5 nitrogen and oxygen atoms in total. The van der Waals surface area contributed by atoms with Crippen LogP contribution in [0.2, 0.25) is 0 Å². The van der Waals surface area contributed by atoms with E-state index in [0.717, 1.165) is 18.5 Å². The number of carboxylic acids is 1. The molecule has 2 atom stereocenters. The fourth-order valence-electron chi connectivity index (χ4n) is 3.66. The minimum Gasteiger partial charge on any atom is -0.478 e. The Labute approximate surface area is 152 Å². The van der Waals surface area contributed by atoms with Gasteiger partial charge in [-0.3, -0.25) is 4.90 Å². The van der Waals surface area contributed by atoms with Gasteiger partial charge in [0.25, 0.3) is 0 Å². The van der Waals surface area contributed by atoms with Gasteiger partial charge in [0.05, 0.1) is 6.04 Å². The molecule has 1 aromatic carbocycles. The van der Waals surface area contributed by atoms with Gasteiger partial charge in [-0.25, -0.2) is 9.59 Å². The number of benzene rings is 1. The van der Waals surface area contributed by atoms with E-state index >= 15 is 0 Å². The summed E-state index contributed by atoms with van der Waals surface area (Å²) in [7, 11) is 0. The van der Waals surface area contributed by atoms with Crippen molar-refractivity contribution in [3.63, 3.8) is 0 Å². The first kappa shape index (κ1) is 18.1. The van der Waals surface area contributed by atoms with Crippen LogP contribution in [0.15, 0.2) is 24.3 Å². The molecular weight excluding hydrogens is 338 g/mol. The van der Waals surface area contributed by atoms with Crippen molar-refractivity contribution in [2.75, 3.05) is 16.4 Å². The van der Waals surface area contributed by atoms with Crippen molar-refractivity contribution >= 4 is 29.5 Å². The molecule has 0 aliphatic carbocycles. The first-order chi connectivity index (χ1) is 12.1. The van der Waals surface area contributed by atoms with Crippen molar-refractivity contribution < 1.29 is 19.4 Å². The monoisotopic (exact) mass is 363 g/mol. The lowest BCUT2D eigenvalue weighted by Gasteiger charge is -2.25. The van der Waals surface area contributed by atoms with E-state index < -0.39 is 24.2 Å². The van der Waals surface area contributed by atoms with Crippen LogP contribution < -0.4 is 4.90 Å². The molecule has 2 aliphatic heterocycles. The summed E-state index contributed by atoms with van der Waals surface area (Å²) < 4.78 is 5.13. The molecule has 1 N–H and O–H groups in total. The third kappa shape index (κ3) is 3.94. The lowest BCUT2D eigenvalue weighted by Crippen LogP contribution is -2.40. The zero-order chi connectivity index (χ0) is 17.8. The Hall–Kier alpha value is -1.69. The molecule has 3 rings (SSSR count). The van der Waals surface area contributed by atoms with E-state index in [1.54, 1.807) is 0 Å². The topological polar surface area (TPSA) is 66.8 Å². The van der Waals surface area contributed by atoms with Crippen LogP contribution in [0.5, 0.6) is 0 Å². The zero-order valence-electron chi connectivity index (χ0n) is 14.5.